The third-order valence-electron chi connectivity index (χ3n) is 3.57. The second kappa shape index (κ2) is 8.35. The SMILES string of the molecule is CCCC(SC(=S)c1ccccc1)c1ccc(CC)cc1. The first-order valence-electron chi connectivity index (χ1n) is 7.59. The van der Waals surface area contributed by atoms with E-state index in [4.69, 9.17) is 12.2 Å². The monoisotopic (exact) mass is 314 g/mol. The normalized spacial score (nSPS) is 12.1. The highest BCUT2D eigenvalue weighted by molar-refractivity contribution is 8.23. The van der Waals surface area contributed by atoms with Gasteiger partial charge in [-0.1, -0.05) is 87.1 Å². The molecule has 0 N–H and O–H groups in total. The number of rotatable bonds is 6. The lowest BCUT2D eigenvalue weighted by molar-refractivity contribution is 0.781. The van der Waals surface area contributed by atoms with Gasteiger partial charge in [-0.15, -0.1) is 11.8 Å². The van der Waals surface area contributed by atoms with Crippen LogP contribution in [-0.4, -0.2) is 4.20 Å². The number of aryl methyl sites for hydroxylation is 1. The first-order chi connectivity index (χ1) is 10.2. The van der Waals surface area contributed by atoms with Gasteiger partial charge in [0.25, 0.3) is 0 Å². The van der Waals surface area contributed by atoms with Crippen LogP contribution in [0.15, 0.2) is 54.6 Å². The summed E-state index contributed by atoms with van der Waals surface area (Å²) in [6, 6.07) is 19.3. The van der Waals surface area contributed by atoms with Crippen molar-refractivity contribution in [3.63, 3.8) is 0 Å². The summed E-state index contributed by atoms with van der Waals surface area (Å²) in [5, 5.41) is 0.452. The summed E-state index contributed by atoms with van der Waals surface area (Å²) in [6.07, 6.45) is 3.42. The third-order valence-corrected chi connectivity index (χ3v) is 5.34. The van der Waals surface area contributed by atoms with Gasteiger partial charge in [-0.25, -0.2) is 0 Å². The minimum atomic E-state index is 0.452. The van der Waals surface area contributed by atoms with E-state index in [-0.39, 0.29) is 0 Å². The van der Waals surface area contributed by atoms with Crippen LogP contribution < -0.4 is 0 Å². The van der Waals surface area contributed by atoms with Crippen molar-refractivity contribution in [1.29, 1.82) is 0 Å². The molecule has 0 aliphatic rings. The fraction of sp³-hybridized carbons (Fsp3) is 0.316. The summed E-state index contributed by atoms with van der Waals surface area (Å²) in [7, 11) is 0. The predicted octanol–water partition coefficient (Wildman–Crippen LogP) is 6.20. The van der Waals surface area contributed by atoms with Gasteiger partial charge in [-0.2, -0.15) is 0 Å². The van der Waals surface area contributed by atoms with Crippen molar-refractivity contribution in [2.75, 3.05) is 0 Å². The van der Waals surface area contributed by atoms with Crippen molar-refractivity contribution in [2.24, 2.45) is 0 Å². The standard InChI is InChI=1S/C19H22S2/c1-3-8-18(16-13-11-15(4-2)12-14-16)21-19(20)17-9-6-5-7-10-17/h5-7,9-14,18H,3-4,8H2,1-2H3. The molecule has 0 amide bonds. The molecule has 21 heavy (non-hydrogen) atoms. The molecule has 2 rings (SSSR count). The molecule has 0 bridgehead atoms. The van der Waals surface area contributed by atoms with E-state index in [1.165, 1.54) is 17.5 Å². The number of benzene rings is 2. The Labute approximate surface area is 138 Å². The number of thioether (sulfide) groups is 1. The molecular weight excluding hydrogens is 292 g/mol. The third kappa shape index (κ3) is 4.69. The summed E-state index contributed by atoms with van der Waals surface area (Å²) in [5.41, 5.74) is 3.94. The highest BCUT2D eigenvalue weighted by Crippen LogP contribution is 2.36. The maximum atomic E-state index is 5.62. The van der Waals surface area contributed by atoms with Crippen molar-refractivity contribution >= 4 is 28.2 Å². The van der Waals surface area contributed by atoms with Crippen LogP contribution in [0.1, 0.15) is 48.6 Å². The Hall–Kier alpha value is -1.12. The predicted molar refractivity (Wildman–Crippen MR) is 99.2 cm³/mol. The van der Waals surface area contributed by atoms with Crippen molar-refractivity contribution in [1.82, 2.24) is 0 Å². The van der Waals surface area contributed by atoms with Gasteiger partial charge in [0.1, 0.15) is 0 Å². The van der Waals surface area contributed by atoms with Gasteiger partial charge in [0.05, 0.1) is 4.20 Å². The molecule has 0 radical (unpaired) electrons. The van der Waals surface area contributed by atoms with Gasteiger partial charge in [0.15, 0.2) is 0 Å². The molecule has 1 atom stereocenters. The number of thiocarbonyl (C=S) groups is 1. The topological polar surface area (TPSA) is 0 Å². The van der Waals surface area contributed by atoms with Crippen LogP contribution in [0.3, 0.4) is 0 Å². The average molecular weight is 315 g/mol. The van der Waals surface area contributed by atoms with E-state index in [1.54, 1.807) is 0 Å². The Morgan fingerprint density at radius 2 is 1.67 bits per heavy atom. The second-order valence-corrected chi connectivity index (χ2v) is 7.02. The zero-order chi connectivity index (χ0) is 15.1. The van der Waals surface area contributed by atoms with Crippen molar-refractivity contribution in [3.8, 4) is 0 Å². The summed E-state index contributed by atoms with van der Waals surface area (Å²) in [5.74, 6) is 0. The van der Waals surface area contributed by atoms with Crippen LogP contribution in [0.2, 0.25) is 0 Å². The molecule has 2 aromatic rings. The first kappa shape index (κ1) is 16.3. The molecule has 2 aromatic carbocycles. The van der Waals surface area contributed by atoms with Crippen LogP contribution in [-0.2, 0) is 6.42 Å². The Bertz CT molecular complexity index is 558. The van der Waals surface area contributed by atoms with Crippen LogP contribution in [0, 0.1) is 0 Å². The van der Waals surface area contributed by atoms with Gasteiger partial charge in [0, 0.05) is 5.25 Å². The first-order valence-corrected chi connectivity index (χ1v) is 8.88. The Balaban J connectivity index is 2.13. The van der Waals surface area contributed by atoms with E-state index in [2.05, 4.69) is 50.2 Å². The van der Waals surface area contributed by atoms with E-state index < -0.39 is 0 Å². The van der Waals surface area contributed by atoms with E-state index >= 15 is 0 Å². The Morgan fingerprint density at radius 3 is 2.24 bits per heavy atom. The zero-order valence-electron chi connectivity index (χ0n) is 12.7. The molecule has 0 spiro atoms. The largest absolute Gasteiger partial charge is 0.106 e. The molecule has 0 aliphatic heterocycles. The van der Waals surface area contributed by atoms with Crippen LogP contribution >= 0.6 is 24.0 Å². The molecule has 0 saturated heterocycles. The average Bonchev–Trinajstić information content (AvgIpc) is 2.55. The Kier molecular flexibility index (Phi) is 6.47. The summed E-state index contributed by atoms with van der Waals surface area (Å²) >= 11 is 7.44. The minimum absolute atomic E-state index is 0.452. The van der Waals surface area contributed by atoms with E-state index in [0.717, 1.165) is 22.6 Å². The molecule has 0 heterocycles. The quantitative estimate of drug-likeness (QED) is 0.582. The fourth-order valence-electron chi connectivity index (χ4n) is 2.30. The van der Waals surface area contributed by atoms with Crippen LogP contribution in [0.4, 0.5) is 0 Å². The smallest absolute Gasteiger partial charge is 0.0784 e. The maximum absolute atomic E-state index is 5.62. The van der Waals surface area contributed by atoms with Crippen LogP contribution in [0.5, 0.6) is 0 Å². The van der Waals surface area contributed by atoms with Crippen molar-refractivity contribution in [3.05, 3.63) is 71.3 Å². The maximum Gasteiger partial charge on any atom is 0.0784 e. The second-order valence-electron chi connectivity index (χ2n) is 5.14. The van der Waals surface area contributed by atoms with Gasteiger partial charge in [-0.3, -0.25) is 0 Å². The van der Waals surface area contributed by atoms with Gasteiger partial charge in [0.2, 0.25) is 0 Å². The molecule has 2 heteroatoms. The molecule has 0 fully saturated rings. The molecule has 110 valence electrons. The molecule has 1 unspecified atom stereocenters. The molecule has 0 aromatic heterocycles. The van der Waals surface area contributed by atoms with Crippen molar-refractivity contribution in [2.45, 2.75) is 38.4 Å². The molecule has 0 nitrogen and oxygen atoms in total. The zero-order valence-corrected chi connectivity index (χ0v) is 14.3. The lowest BCUT2D eigenvalue weighted by Gasteiger charge is -2.17. The Morgan fingerprint density at radius 1 is 1.00 bits per heavy atom. The number of hydrogen-bond acceptors (Lipinski definition) is 2. The van der Waals surface area contributed by atoms with Gasteiger partial charge in [-0.05, 0) is 29.5 Å². The molecule has 0 aliphatic carbocycles. The molecular formula is C19H22S2. The summed E-state index contributed by atoms with van der Waals surface area (Å²) in [6.45, 7) is 4.43. The number of hydrogen-bond donors (Lipinski definition) is 0. The fourth-order valence-corrected chi connectivity index (χ4v) is 3.96. The van der Waals surface area contributed by atoms with E-state index in [9.17, 15) is 0 Å². The highest BCUT2D eigenvalue weighted by Gasteiger charge is 2.14. The lowest BCUT2D eigenvalue weighted by Crippen LogP contribution is -2.00. The summed E-state index contributed by atoms with van der Waals surface area (Å²) in [4.78, 5) is 0. The van der Waals surface area contributed by atoms with E-state index in [0.29, 0.717) is 5.25 Å². The van der Waals surface area contributed by atoms with Gasteiger partial charge >= 0.3 is 0 Å². The van der Waals surface area contributed by atoms with Crippen LogP contribution in [0.25, 0.3) is 0 Å². The lowest BCUT2D eigenvalue weighted by atomic mass is 10.0. The van der Waals surface area contributed by atoms with E-state index in [1.807, 2.05) is 30.0 Å². The summed E-state index contributed by atoms with van der Waals surface area (Å²) < 4.78 is 0.994. The van der Waals surface area contributed by atoms with Gasteiger partial charge < -0.3 is 0 Å². The highest BCUT2D eigenvalue weighted by atomic mass is 32.2. The minimum Gasteiger partial charge on any atom is -0.106 e. The molecule has 0 saturated carbocycles. The van der Waals surface area contributed by atoms with Crippen molar-refractivity contribution < 1.29 is 0 Å².